The molecule has 7 nitrogen and oxygen atoms in total. The van der Waals surface area contributed by atoms with E-state index in [1.54, 1.807) is 24.2 Å². The van der Waals surface area contributed by atoms with Gasteiger partial charge in [-0.1, -0.05) is 0 Å². The van der Waals surface area contributed by atoms with Crippen LogP contribution in [0.4, 0.5) is 5.69 Å². The van der Waals surface area contributed by atoms with Gasteiger partial charge in [-0.2, -0.15) is 5.10 Å². The van der Waals surface area contributed by atoms with E-state index in [9.17, 15) is 4.79 Å². The maximum Gasteiger partial charge on any atom is 0.259 e. The molecule has 0 atom stereocenters. The first-order valence-corrected chi connectivity index (χ1v) is 9.01. The Morgan fingerprint density at radius 3 is 2.89 bits per heavy atom. The monoisotopic (exact) mass is 366 g/mol. The van der Waals surface area contributed by atoms with Gasteiger partial charge in [-0.05, 0) is 37.1 Å². The Kier molecular flexibility index (Phi) is 4.77. The average molecular weight is 366 g/mol. The average Bonchev–Trinajstić information content (AvgIpc) is 3.11. The summed E-state index contributed by atoms with van der Waals surface area (Å²) in [5.74, 6) is 0.753. The normalized spacial score (nSPS) is 15.0. The van der Waals surface area contributed by atoms with Crippen LogP contribution >= 0.6 is 0 Å². The van der Waals surface area contributed by atoms with Crippen molar-refractivity contribution in [2.45, 2.75) is 18.8 Å². The van der Waals surface area contributed by atoms with Gasteiger partial charge in [0.05, 0.1) is 24.1 Å². The van der Waals surface area contributed by atoms with Gasteiger partial charge in [0.15, 0.2) is 0 Å². The van der Waals surface area contributed by atoms with E-state index in [0.29, 0.717) is 35.7 Å². The molecule has 4 rings (SSSR count). The zero-order valence-electron chi connectivity index (χ0n) is 15.4. The van der Waals surface area contributed by atoms with Gasteiger partial charge in [0.25, 0.3) is 5.91 Å². The second kappa shape index (κ2) is 7.36. The van der Waals surface area contributed by atoms with Gasteiger partial charge in [-0.3, -0.25) is 14.5 Å². The molecule has 1 aromatic carbocycles. The Balaban J connectivity index is 1.67. The predicted octanol–water partition coefficient (Wildman–Crippen LogP) is 3.12. The van der Waals surface area contributed by atoms with Gasteiger partial charge in [0.2, 0.25) is 0 Å². The molecule has 1 saturated heterocycles. The first-order chi connectivity index (χ1) is 13.2. The fourth-order valence-electron chi connectivity index (χ4n) is 3.56. The summed E-state index contributed by atoms with van der Waals surface area (Å²) in [6.07, 6.45) is 5.25. The van der Waals surface area contributed by atoms with Crippen molar-refractivity contribution in [3.8, 4) is 5.75 Å². The number of ether oxygens (including phenoxy) is 2. The number of aryl methyl sites for hydroxylation is 1. The fraction of sp³-hybridized carbons (Fsp3) is 0.350. The summed E-state index contributed by atoms with van der Waals surface area (Å²) in [4.78, 5) is 17.4. The third kappa shape index (κ3) is 3.38. The number of carbonyl (C=O) groups excluding carboxylic acids is 1. The van der Waals surface area contributed by atoms with Crippen LogP contribution in [0.1, 0.15) is 34.8 Å². The summed E-state index contributed by atoms with van der Waals surface area (Å²) in [5.41, 5.74) is 2.87. The predicted molar refractivity (Wildman–Crippen MR) is 102 cm³/mol. The van der Waals surface area contributed by atoms with Crippen LogP contribution in [0.5, 0.6) is 5.75 Å². The minimum absolute atomic E-state index is 0.167. The number of hydrogen-bond donors (Lipinski definition) is 1. The molecule has 0 unspecified atom stereocenters. The molecule has 0 saturated carbocycles. The highest BCUT2D eigenvalue weighted by molar-refractivity contribution is 6.09. The molecule has 3 heterocycles. The van der Waals surface area contributed by atoms with E-state index in [4.69, 9.17) is 9.47 Å². The van der Waals surface area contributed by atoms with Gasteiger partial charge in [0.1, 0.15) is 11.3 Å². The van der Waals surface area contributed by atoms with Crippen molar-refractivity contribution >= 4 is 22.5 Å². The lowest BCUT2D eigenvalue weighted by Crippen LogP contribution is -2.19. The van der Waals surface area contributed by atoms with Crippen LogP contribution in [0.3, 0.4) is 0 Å². The molecule has 1 N–H and O–H groups in total. The number of aromatic nitrogens is 3. The first kappa shape index (κ1) is 17.5. The van der Waals surface area contributed by atoms with Crippen LogP contribution in [0.2, 0.25) is 0 Å². The van der Waals surface area contributed by atoms with Crippen molar-refractivity contribution in [3.63, 3.8) is 0 Å². The van der Waals surface area contributed by atoms with Crippen LogP contribution < -0.4 is 10.1 Å². The molecule has 0 aliphatic carbocycles. The third-order valence-corrected chi connectivity index (χ3v) is 4.91. The highest BCUT2D eigenvalue weighted by atomic mass is 16.5. The van der Waals surface area contributed by atoms with Crippen LogP contribution in [-0.4, -0.2) is 41.0 Å². The van der Waals surface area contributed by atoms with Gasteiger partial charge in [-0.15, -0.1) is 0 Å². The molecular formula is C20H22N4O3. The van der Waals surface area contributed by atoms with E-state index in [1.807, 2.05) is 31.3 Å². The minimum atomic E-state index is -0.167. The van der Waals surface area contributed by atoms with Crippen LogP contribution in [0, 0.1) is 0 Å². The lowest BCUT2D eigenvalue weighted by Gasteiger charge is -2.21. The number of amides is 1. The summed E-state index contributed by atoms with van der Waals surface area (Å²) in [5, 5.41) is 8.42. The molecule has 3 aromatic rings. The maximum absolute atomic E-state index is 13.0. The highest BCUT2D eigenvalue weighted by Gasteiger charge is 2.25. The van der Waals surface area contributed by atoms with Crippen molar-refractivity contribution in [1.29, 1.82) is 0 Å². The largest absolute Gasteiger partial charge is 0.494 e. The molecule has 0 spiro atoms. The highest BCUT2D eigenvalue weighted by Crippen LogP contribution is 2.32. The summed E-state index contributed by atoms with van der Waals surface area (Å²) >= 11 is 0. The second-order valence-electron chi connectivity index (χ2n) is 6.66. The number of hydrogen-bond acceptors (Lipinski definition) is 5. The van der Waals surface area contributed by atoms with Crippen molar-refractivity contribution in [1.82, 2.24) is 14.8 Å². The summed E-state index contributed by atoms with van der Waals surface area (Å²) in [6, 6.07) is 7.41. The molecule has 1 amide bonds. The number of nitrogens with zero attached hydrogens (tertiary/aromatic N) is 3. The number of anilines is 1. The molecule has 140 valence electrons. The SMILES string of the molecule is COc1ccc(NC(=O)c2cn(C)nc2C2CCOCC2)c2cccnc12. The quantitative estimate of drug-likeness (QED) is 0.767. The van der Waals surface area contributed by atoms with Gasteiger partial charge in [0, 0.05) is 44.0 Å². The molecular weight excluding hydrogens is 344 g/mol. The van der Waals surface area contributed by atoms with Crippen LogP contribution in [-0.2, 0) is 11.8 Å². The van der Waals surface area contributed by atoms with Crippen LogP contribution in [0.15, 0.2) is 36.7 Å². The van der Waals surface area contributed by atoms with E-state index in [0.717, 1.165) is 23.9 Å². The Morgan fingerprint density at radius 2 is 2.11 bits per heavy atom. The molecule has 0 radical (unpaired) electrons. The number of rotatable bonds is 4. The Morgan fingerprint density at radius 1 is 1.30 bits per heavy atom. The summed E-state index contributed by atoms with van der Waals surface area (Å²) < 4.78 is 12.5. The number of benzene rings is 1. The number of methoxy groups -OCH3 is 1. The minimum Gasteiger partial charge on any atom is -0.494 e. The third-order valence-electron chi connectivity index (χ3n) is 4.91. The fourth-order valence-corrected chi connectivity index (χ4v) is 3.56. The topological polar surface area (TPSA) is 78.3 Å². The van der Waals surface area contributed by atoms with Gasteiger partial charge < -0.3 is 14.8 Å². The standard InChI is InChI=1S/C20H22N4O3/c1-24-12-15(18(23-24)13-7-10-27-11-8-13)20(25)22-16-5-6-17(26-2)19-14(16)4-3-9-21-19/h3-6,9,12-13H,7-8,10-11H2,1-2H3,(H,22,25). The Bertz CT molecular complexity index is 977. The Labute approximate surface area is 157 Å². The van der Waals surface area contributed by atoms with E-state index in [1.165, 1.54) is 0 Å². The summed E-state index contributed by atoms with van der Waals surface area (Å²) in [7, 11) is 3.45. The molecule has 27 heavy (non-hydrogen) atoms. The van der Waals surface area contributed by atoms with Crippen molar-refractivity contribution in [2.75, 3.05) is 25.6 Å². The van der Waals surface area contributed by atoms with E-state index < -0.39 is 0 Å². The lowest BCUT2D eigenvalue weighted by atomic mass is 9.94. The summed E-state index contributed by atoms with van der Waals surface area (Å²) in [6.45, 7) is 1.41. The number of pyridine rings is 1. The number of carbonyl (C=O) groups is 1. The second-order valence-corrected chi connectivity index (χ2v) is 6.66. The zero-order chi connectivity index (χ0) is 18.8. The van der Waals surface area contributed by atoms with Gasteiger partial charge >= 0.3 is 0 Å². The van der Waals surface area contributed by atoms with Crippen molar-refractivity contribution in [2.24, 2.45) is 7.05 Å². The van der Waals surface area contributed by atoms with Crippen molar-refractivity contribution in [3.05, 3.63) is 47.9 Å². The lowest BCUT2D eigenvalue weighted by molar-refractivity contribution is 0.0837. The van der Waals surface area contributed by atoms with E-state index >= 15 is 0 Å². The maximum atomic E-state index is 13.0. The molecule has 1 aliphatic heterocycles. The van der Waals surface area contributed by atoms with Gasteiger partial charge in [-0.25, -0.2) is 0 Å². The van der Waals surface area contributed by atoms with Crippen molar-refractivity contribution < 1.29 is 14.3 Å². The zero-order valence-corrected chi connectivity index (χ0v) is 15.4. The van der Waals surface area contributed by atoms with Crippen LogP contribution in [0.25, 0.3) is 10.9 Å². The molecule has 0 bridgehead atoms. The molecule has 1 aliphatic rings. The number of fused-ring (bicyclic) bond motifs is 1. The smallest absolute Gasteiger partial charge is 0.259 e. The Hall–Kier alpha value is -2.93. The van der Waals surface area contributed by atoms with E-state index in [2.05, 4.69) is 15.4 Å². The molecule has 7 heteroatoms. The van der Waals surface area contributed by atoms with E-state index in [-0.39, 0.29) is 11.8 Å². The molecule has 2 aromatic heterocycles. The number of nitrogens with one attached hydrogen (secondary N) is 1. The molecule has 1 fully saturated rings. The first-order valence-electron chi connectivity index (χ1n) is 9.01.